The highest BCUT2D eigenvalue weighted by Crippen LogP contribution is 2.25. The van der Waals surface area contributed by atoms with Gasteiger partial charge in [0.2, 0.25) is 5.89 Å². The molecule has 0 bridgehead atoms. The Morgan fingerprint density at radius 2 is 2.25 bits per heavy atom. The molecule has 1 aliphatic carbocycles. The van der Waals surface area contributed by atoms with Crippen LogP contribution in [0, 0.1) is 12.8 Å². The minimum atomic E-state index is -0.853. The minimum Gasteiger partial charge on any atom is -0.481 e. The van der Waals surface area contributed by atoms with Crippen LogP contribution in [0.4, 0.5) is 4.79 Å². The van der Waals surface area contributed by atoms with Crippen LogP contribution in [0.3, 0.4) is 0 Å². The highest BCUT2D eigenvalue weighted by molar-refractivity contribution is 5.77. The van der Waals surface area contributed by atoms with E-state index in [1.807, 2.05) is 0 Å². The van der Waals surface area contributed by atoms with Crippen molar-refractivity contribution in [2.45, 2.75) is 38.6 Å². The molecule has 1 aromatic heterocycles. The van der Waals surface area contributed by atoms with Crippen LogP contribution in [0.25, 0.3) is 0 Å². The third-order valence-electron chi connectivity index (χ3n) is 3.34. The van der Waals surface area contributed by atoms with Crippen LogP contribution in [0.1, 0.15) is 31.0 Å². The topological polar surface area (TPSA) is 117 Å². The number of carboxylic acids is 1. The van der Waals surface area contributed by atoms with Gasteiger partial charge >= 0.3 is 12.0 Å². The molecule has 0 radical (unpaired) electrons. The number of aryl methyl sites for hydroxylation is 1. The standard InChI is InChI=1S/C12H18N4O4/c1-7-14-10(20-16-7)5-6-13-12(19)15-9-4-2-3-8(9)11(17)18/h8-9H,2-6H2,1H3,(H,17,18)(H2,13,15,19). The molecule has 2 rings (SSSR count). The Bertz CT molecular complexity index is 488. The largest absolute Gasteiger partial charge is 0.481 e. The lowest BCUT2D eigenvalue weighted by atomic mass is 10.0. The Balaban J connectivity index is 1.71. The molecule has 0 spiro atoms. The summed E-state index contributed by atoms with van der Waals surface area (Å²) in [5.74, 6) is -0.319. The van der Waals surface area contributed by atoms with Gasteiger partial charge in [0.15, 0.2) is 5.82 Å². The molecular formula is C12H18N4O4. The smallest absolute Gasteiger partial charge is 0.315 e. The first kappa shape index (κ1) is 14.3. The molecule has 2 unspecified atom stereocenters. The van der Waals surface area contributed by atoms with Gasteiger partial charge in [-0.2, -0.15) is 4.98 Å². The number of hydrogen-bond acceptors (Lipinski definition) is 5. The second kappa shape index (κ2) is 6.36. The molecule has 1 aliphatic rings. The Kier molecular flexibility index (Phi) is 4.54. The highest BCUT2D eigenvalue weighted by Gasteiger charge is 2.33. The van der Waals surface area contributed by atoms with Crippen LogP contribution in [0.15, 0.2) is 4.52 Å². The summed E-state index contributed by atoms with van der Waals surface area (Å²) >= 11 is 0. The molecule has 0 aromatic carbocycles. The maximum atomic E-state index is 11.7. The monoisotopic (exact) mass is 282 g/mol. The van der Waals surface area contributed by atoms with Crippen LogP contribution >= 0.6 is 0 Å². The van der Waals surface area contributed by atoms with Crippen LogP contribution < -0.4 is 10.6 Å². The molecule has 110 valence electrons. The van der Waals surface area contributed by atoms with E-state index in [0.717, 1.165) is 6.42 Å². The number of carbonyl (C=O) groups excluding carboxylic acids is 1. The maximum Gasteiger partial charge on any atom is 0.315 e. The van der Waals surface area contributed by atoms with Gasteiger partial charge < -0.3 is 20.3 Å². The van der Waals surface area contributed by atoms with Gasteiger partial charge in [-0.05, 0) is 19.8 Å². The van der Waals surface area contributed by atoms with Crippen molar-refractivity contribution in [2.75, 3.05) is 6.54 Å². The number of nitrogens with zero attached hydrogens (tertiary/aromatic N) is 2. The number of aromatic nitrogens is 2. The van der Waals surface area contributed by atoms with Crippen molar-refractivity contribution in [1.29, 1.82) is 0 Å². The first-order chi connectivity index (χ1) is 9.56. The third-order valence-corrected chi connectivity index (χ3v) is 3.34. The van der Waals surface area contributed by atoms with Crippen molar-refractivity contribution in [3.05, 3.63) is 11.7 Å². The molecule has 3 N–H and O–H groups in total. The van der Waals surface area contributed by atoms with E-state index in [4.69, 9.17) is 9.63 Å². The molecule has 1 aromatic rings. The van der Waals surface area contributed by atoms with E-state index in [1.165, 1.54) is 0 Å². The fourth-order valence-corrected chi connectivity index (χ4v) is 2.37. The summed E-state index contributed by atoms with van der Waals surface area (Å²) in [6.45, 7) is 2.08. The van der Waals surface area contributed by atoms with Crippen molar-refractivity contribution in [3.8, 4) is 0 Å². The van der Waals surface area contributed by atoms with Gasteiger partial charge in [0.05, 0.1) is 5.92 Å². The van der Waals surface area contributed by atoms with Gasteiger partial charge in [-0.1, -0.05) is 11.6 Å². The average Bonchev–Trinajstić information content (AvgIpc) is 2.98. The van der Waals surface area contributed by atoms with E-state index in [-0.39, 0.29) is 12.1 Å². The Labute approximate surface area is 115 Å². The quantitative estimate of drug-likeness (QED) is 0.722. The van der Waals surface area contributed by atoms with Gasteiger partial charge in [0, 0.05) is 19.0 Å². The summed E-state index contributed by atoms with van der Waals surface area (Å²) < 4.78 is 4.92. The van der Waals surface area contributed by atoms with E-state index >= 15 is 0 Å². The van der Waals surface area contributed by atoms with Crippen molar-refractivity contribution >= 4 is 12.0 Å². The number of amides is 2. The number of urea groups is 1. The number of nitrogens with one attached hydrogen (secondary N) is 2. The zero-order valence-corrected chi connectivity index (χ0v) is 11.3. The van der Waals surface area contributed by atoms with E-state index < -0.39 is 11.9 Å². The van der Waals surface area contributed by atoms with Crippen LogP contribution in [0.5, 0.6) is 0 Å². The predicted molar refractivity (Wildman–Crippen MR) is 68.0 cm³/mol. The van der Waals surface area contributed by atoms with Crippen molar-refractivity contribution in [2.24, 2.45) is 5.92 Å². The van der Waals surface area contributed by atoms with Crippen molar-refractivity contribution < 1.29 is 19.2 Å². The van der Waals surface area contributed by atoms with Gasteiger partial charge in [-0.25, -0.2) is 4.79 Å². The lowest BCUT2D eigenvalue weighted by Gasteiger charge is -2.17. The van der Waals surface area contributed by atoms with Crippen molar-refractivity contribution in [1.82, 2.24) is 20.8 Å². The molecule has 1 heterocycles. The first-order valence-electron chi connectivity index (χ1n) is 6.62. The van der Waals surface area contributed by atoms with Crippen LogP contribution in [-0.2, 0) is 11.2 Å². The summed E-state index contributed by atoms with van der Waals surface area (Å²) in [5, 5.41) is 18.0. The first-order valence-corrected chi connectivity index (χ1v) is 6.62. The van der Waals surface area contributed by atoms with Crippen LogP contribution in [-0.4, -0.2) is 39.8 Å². The zero-order valence-electron chi connectivity index (χ0n) is 11.3. The van der Waals surface area contributed by atoms with E-state index in [9.17, 15) is 9.59 Å². The molecule has 0 saturated heterocycles. The lowest BCUT2D eigenvalue weighted by molar-refractivity contribution is -0.142. The Hall–Kier alpha value is -2.12. The summed E-state index contributed by atoms with van der Waals surface area (Å²) in [7, 11) is 0. The predicted octanol–water partition coefficient (Wildman–Crippen LogP) is 0.473. The molecule has 0 aliphatic heterocycles. The zero-order chi connectivity index (χ0) is 14.5. The molecule has 8 heteroatoms. The Morgan fingerprint density at radius 1 is 1.45 bits per heavy atom. The van der Waals surface area contributed by atoms with Crippen molar-refractivity contribution in [3.63, 3.8) is 0 Å². The molecule has 8 nitrogen and oxygen atoms in total. The summed E-state index contributed by atoms with van der Waals surface area (Å²) in [4.78, 5) is 26.7. The van der Waals surface area contributed by atoms with E-state index in [1.54, 1.807) is 6.92 Å². The number of rotatable bonds is 5. The molecule has 1 fully saturated rings. The van der Waals surface area contributed by atoms with Gasteiger partial charge in [0.25, 0.3) is 0 Å². The molecule has 2 amide bonds. The lowest BCUT2D eigenvalue weighted by Crippen LogP contribution is -2.45. The SMILES string of the molecule is Cc1noc(CCNC(=O)NC2CCCC2C(=O)O)n1. The molecule has 1 saturated carbocycles. The maximum absolute atomic E-state index is 11.7. The number of aliphatic carboxylic acids is 1. The second-order valence-electron chi connectivity index (χ2n) is 4.87. The summed E-state index contributed by atoms with van der Waals surface area (Å²) in [6, 6.07) is -0.655. The number of carbonyl (C=O) groups is 2. The molecular weight excluding hydrogens is 264 g/mol. The van der Waals surface area contributed by atoms with E-state index in [0.29, 0.717) is 37.5 Å². The second-order valence-corrected chi connectivity index (χ2v) is 4.87. The highest BCUT2D eigenvalue weighted by atomic mass is 16.5. The number of carboxylic acid groups (broad SMARTS) is 1. The number of hydrogen-bond donors (Lipinski definition) is 3. The third kappa shape index (κ3) is 3.69. The molecule has 2 atom stereocenters. The average molecular weight is 282 g/mol. The summed E-state index contributed by atoms with van der Waals surface area (Å²) in [5.41, 5.74) is 0. The fourth-order valence-electron chi connectivity index (χ4n) is 2.37. The van der Waals surface area contributed by atoms with Gasteiger partial charge in [-0.3, -0.25) is 4.79 Å². The van der Waals surface area contributed by atoms with Gasteiger partial charge in [0.1, 0.15) is 0 Å². The van der Waals surface area contributed by atoms with Gasteiger partial charge in [-0.15, -0.1) is 0 Å². The normalized spacial score (nSPS) is 21.6. The van der Waals surface area contributed by atoms with E-state index in [2.05, 4.69) is 20.8 Å². The Morgan fingerprint density at radius 3 is 2.90 bits per heavy atom. The fraction of sp³-hybridized carbons (Fsp3) is 0.667. The van der Waals surface area contributed by atoms with Crippen LogP contribution in [0.2, 0.25) is 0 Å². The minimum absolute atomic E-state index is 0.293. The molecule has 20 heavy (non-hydrogen) atoms. The summed E-state index contributed by atoms with van der Waals surface area (Å²) in [6.07, 6.45) is 2.58.